The van der Waals surface area contributed by atoms with Crippen LogP contribution in [0.4, 0.5) is 0 Å². The van der Waals surface area contributed by atoms with E-state index in [0.717, 1.165) is 5.56 Å². The second-order valence-electron chi connectivity index (χ2n) is 5.18. The molecule has 0 saturated carbocycles. The predicted octanol–water partition coefficient (Wildman–Crippen LogP) is 1.69. The van der Waals surface area contributed by atoms with Gasteiger partial charge < -0.3 is 9.80 Å². The van der Waals surface area contributed by atoms with Crippen molar-refractivity contribution < 1.29 is 9.59 Å². The zero-order valence-electron chi connectivity index (χ0n) is 11.7. The third kappa shape index (κ3) is 2.95. The summed E-state index contributed by atoms with van der Waals surface area (Å²) in [5.74, 6) is 0.130. The Morgan fingerprint density at radius 3 is 2.32 bits per heavy atom. The Balaban J connectivity index is 2.08. The van der Waals surface area contributed by atoms with E-state index in [9.17, 15) is 9.59 Å². The summed E-state index contributed by atoms with van der Waals surface area (Å²) in [5, 5.41) is 0. The minimum Gasteiger partial charge on any atom is -0.339 e. The van der Waals surface area contributed by atoms with Gasteiger partial charge in [-0.05, 0) is 26.0 Å². The number of aryl methyl sites for hydroxylation is 1. The van der Waals surface area contributed by atoms with E-state index in [4.69, 9.17) is 0 Å². The molecule has 1 aliphatic heterocycles. The van der Waals surface area contributed by atoms with E-state index in [-0.39, 0.29) is 17.9 Å². The minimum absolute atomic E-state index is 0.0516. The van der Waals surface area contributed by atoms with E-state index in [1.807, 2.05) is 43.0 Å². The zero-order valence-corrected chi connectivity index (χ0v) is 11.7. The van der Waals surface area contributed by atoms with Crippen molar-refractivity contribution in [3.63, 3.8) is 0 Å². The molecule has 2 amide bonds. The van der Waals surface area contributed by atoms with Gasteiger partial charge in [-0.1, -0.05) is 17.7 Å². The molecule has 1 saturated heterocycles. The van der Waals surface area contributed by atoms with Crippen molar-refractivity contribution in [3.8, 4) is 0 Å². The van der Waals surface area contributed by atoms with Gasteiger partial charge in [-0.25, -0.2) is 0 Å². The average Bonchev–Trinajstić information content (AvgIpc) is 2.38. The molecule has 102 valence electrons. The number of hydrogen-bond acceptors (Lipinski definition) is 2. The first kappa shape index (κ1) is 13.6. The van der Waals surface area contributed by atoms with Crippen LogP contribution in [0.3, 0.4) is 0 Å². The molecule has 1 heterocycles. The molecule has 0 bridgehead atoms. The van der Waals surface area contributed by atoms with Crippen molar-refractivity contribution in [1.29, 1.82) is 0 Å². The molecule has 1 aromatic carbocycles. The lowest BCUT2D eigenvalue weighted by Gasteiger charge is -2.39. The molecule has 19 heavy (non-hydrogen) atoms. The lowest BCUT2D eigenvalue weighted by atomic mass is 10.1. The molecule has 1 aromatic rings. The third-order valence-corrected chi connectivity index (χ3v) is 3.63. The van der Waals surface area contributed by atoms with Crippen LogP contribution in [0, 0.1) is 6.92 Å². The Hall–Kier alpha value is -1.84. The first-order valence-electron chi connectivity index (χ1n) is 6.62. The molecule has 1 fully saturated rings. The van der Waals surface area contributed by atoms with Crippen molar-refractivity contribution in [2.75, 3.05) is 19.6 Å². The summed E-state index contributed by atoms with van der Waals surface area (Å²) in [6, 6.07) is 7.68. The Labute approximate surface area is 114 Å². The van der Waals surface area contributed by atoms with Gasteiger partial charge in [0.15, 0.2) is 0 Å². The van der Waals surface area contributed by atoms with Gasteiger partial charge in [0.2, 0.25) is 5.91 Å². The van der Waals surface area contributed by atoms with Gasteiger partial charge in [0.25, 0.3) is 5.91 Å². The number of hydrogen-bond donors (Lipinski definition) is 0. The Morgan fingerprint density at radius 2 is 1.79 bits per heavy atom. The molecule has 0 N–H and O–H groups in total. The van der Waals surface area contributed by atoms with Crippen LogP contribution >= 0.6 is 0 Å². The first-order chi connectivity index (χ1) is 8.99. The molecule has 0 aliphatic carbocycles. The monoisotopic (exact) mass is 260 g/mol. The summed E-state index contributed by atoms with van der Waals surface area (Å²) in [5.41, 5.74) is 1.86. The molecule has 1 atom stereocenters. The highest BCUT2D eigenvalue weighted by molar-refractivity contribution is 5.94. The molecule has 0 radical (unpaired) electrons. The van der Waals surface area contributed by atoms with Gasteiger partial charge in [0.05, 0.1) is 0 Å². The highest BCUT2D eigenvalue weighted by Gasteiger charge is 2.28. The Kier molecular flexibility index (Phi) is 3.88. The summed E-state index contributed by atoms with van der Waals surface area (Å²) in [6.07, 6.45) is 0. The highest BCUT2D eigenvalue weighted by Crippen LogP contribution is 2.14. The van der Waals surface area contributed by atoms with Crippen LogP contribution in [0.2, 0.25) is 0 Å². The summed E-state index contributed by atoms with van der Waals surface area (Å²) < 4.78 is 0. The average molecular weight is 260 g/mol. The molecule has 2 rings (SSSR count). The van der Waals surface area contributed by atoms with Crippen LogP contribution in [-0.4, -0.2) is 47.3 Å². The maximum Gasteiger partial charge on any atom is 0.254 e. The van der Waals surface area contributed by atoms with E-state index < -0.39 is 0 Å². The number of amides is 2. The van der Waals surface area contributed by atoms with Crippen LogP contribution in [0.1, 0.15) is 29.8 Å². The lowest BCUT2D eigenvalue weighted by Crippen LogP contribution is -2.55. The number of benzene rings is 1. The predicted molar refractivity (Wildman–Crippen MR) is 73.9 cm³/mol. The topological polar surface area (TPSA) is 40.6 Å². The second-order valence-corrected chi connectivity index (χ2v) is 5.18. The van der Waals surface area contributed by atoms with E-state index >= 15 is 0 Å². The van der Waals surface area contributed by atoms with E-state index in [1.165, 1.54) is 0 Å². The molecule has 0 spiro atoms. The third-order valence-electron chi connectivity index (χ3n) is 3.63. The number of nitrogens with zero attached hydrogens (tertiary/aromatic N) is 2. The van der Waals surface area contributed by atoms with E-state index in [2.05, 4.69) is 0 Å². The SMILES string of the molecule is CC(=O)N1CCN(C(=O)c2ccc(C)cc2)C(C)C1. The van der Waals surface area contributed by atoms with Gasteiger partial charge in [-0.3, -0.25) is 9.59 Å². The van der Waals surface area contributed by atoms with Crippen LogP contribution in [0.25, 0.3) is 0 Å². The minimum atomic E-state index is 0.0516. The normalized spacial score (nSPS) is 19.4. The number of carbonyl (C=O) groups is 2. The first-order valence-corrected chi connectivity index (χ1v) is 6.62. The summed E-state index contributed by atoms with van der Waals surface area (Å²) in [6.45, 7) is 7.41. The molecular weight excluding hydrogens is 240 g/mol. The smallest absolute Gasteiger partial charge is 0.254 e. The number of carbonyl (C=O) groups excluding carboxylic acids is 2. The molecule has 1 unspecified atom stereocenters. The quantitative estimate of drug-likeness (QED) is 0.771. The van der Waals surface area contributed by atoms with E-state index in [0.29, 0.717) is 25.2 Å². The van der Waals surface area contributed by atoms with Crippen LogP contribution in [-0.2, 0) is 4.79 Å². The summed E-state index contributed by atoms with van der Waals surface area (Å²) in [4.78, 5) is 27.4. The van der Waals surface area contributed by atoms with Crippen LogP contribution in [0.5, 0.6) is 0 Å². The molecule has 1 aliphatic rings. The van der Waals surface area contributed by atoms with E-state index in [1.54, 1.807) is 11.8 Å². The second kappa shape index (κ2) is 5.43. The van der Waals surface area contributed by atoms with Gasteiger partial charge in [0, 0.05) is 38.2 Å². The van der Waals surface area contributed by atoms with Crippen molar-refractivity contribution in [2.45, 2.75) is 26.8 Å². The summed E-state index contributed by atoms with van der Waals surface area (Å²) >= 11 is 0. The van der Waals surface area contributed by atoms with Crippen LogP contribution in [0.15, 0.2) is 24.3 Å². The maximum absolute atomic E-state index is 12.4. The van der Waals surface area contributed by atoms with Crippen molar-refractivity contribution in [2.24, 2.45) is 0 Å². The Morgan fingerprint density at radius 1 is 1.16 bits per heavy atom. The molecule has 4 heteroatoms. The van der Waals surface area contributed by atoms with Crippen molar-refractivity contribution in [3.05, 3.63) is 35.4 Å². The fraction of sp³-hybridized carbons (Fsp3) is 0.467. The van der Waals surface area contributed by atoms with Gasteiger partial charge in [-0.15, -0.1) is 0 Å². The fourth-order valence-electron chi connectivity index (χ4n) is 2.41. The van der Waals surface area contributed by atoms with Crippen molar-refractivity contribution >= 4 is 11.8 Å². The fourth-order valence-corrected chi connectivity index (χ4v) is 2.41. The molecule has 4 nitrogen and oxygen atoms in total. The van der Waals surface area contributed by atoms with Gasteiger partial charge in [-0.2, -0.15) is 0 Å². The molecule has 0 aromatic heterocycles. The number of piperazine rings is 1. The number of rotatable bonds is 1. The van der Waals surface area contributed by atoms with Crippen molar-refractivity contribution in [1.82, 2.24) is 9.80 Å². The Bertz CT molecular complexity index is 481. The largest absolute Gasteiger partial charge is 0.339 e. The summed E-state index contributed by atoms with van der Waals surface area (Å²) in [7, 11) is 0. The standard InChI is InChI=1S/C15H20N2O2/c1-11-4-6-14(7-5-11)15(19)17-9-8-16(13(3)18)10-12(17)2/h4-7,12H,8-10H2,1-3H3. The molecular formula is C15H20N2O2. The lowest BCUT2D eigenvalue weighted by molar-refractivity contribution is -0.131. The van der Waals surface area contributed by atoms with Gasteiger partial charge >= 0.3 is 0 Å². The zero-order chi connectivity index (χ0) is 14.0. The van der Waals surface area contributed by atoms with Crippen LogP contribution < -0.4 is 0 Å². The highest BCUT2D eigenvalue weighted by atomic mass is 16.2. The van der Waals surface area contributed by atoms with Gasteiger partial charge in [0.1, 0.15) is 0 Å². The maximum atomic E-state index is 12.4.